The smallest absolute Gasteiger partial charge is 0.0244 e. The standard InChI is InChI=1S/C11H15NS/c13-11-6-2-1-5-10(11)9-12-7-3-4-8-12/h1-2,5-6,13H,3-4,7-9H2. The molecule has 1 aliphatic heterocycles. The molecule has 13 heavy (non-hydrogen) atoms. The zero-order valence-electron chi connectivity index (χ0n) is 7.74. The molecule has 0 bridgehead atoms. The summed E-state index contributed by atoms with van der Waals surface area (Å²) in [6.07, 6.45) is 2.71. The predicted molar refractivity (Wildman–Crippen MR) is 58.2 cm³/mol. The van der Waals surface area contributed by atoms with Gasteiger partial charge in [-0.05, 0) is 37.6 Å². The van der Waals surface area contributed by atoms with Crippen molar-refractivity contribution in [3.63, 3.8) is 0 Å². The summed E-state index contributed by atoms with van der Waals surface area (Å²) in [7, 11) is 0. The van der Waals surface area contributed by atoms with Crippen LogP contribution >= 0.6 is 12.6 Å². The maximum Gasteiger partial charge on any atom is 0.0244 e. The first-order valence-corrected chi connectivity index (χ1v) is 5.30. The van der Waals surface area contributed by atoms with E-state index in [4.69, 9.17) is 0 Å². The largest absolute Gasteiger partial charge is 0.299 e. The molecule has 0 spiro atoms. The Bertz CT molecular complexity index is 279. The highest BCUT2D eigenvalue weighted by Gasteiger charge is 2.12. The minimum Gasteiger partial charge on any atom is -0.299 e. The fraction of sp³-hybridized carbons (Fsp3) is 0.455. The lowest BCUT2D eigenvalue weighted by atomic mass is 10.2. The number of hydrogen-bond acceptors (Lipinski definition) is 2. The van der Waals surface area contributed by atoms with E-state index in [1.807, 2.05) is 6.07 Å². The summed E-state index contributed by atoms with van der Waals surface area (Å²) in [5.74, 6) is 0. The van der Waals surface area contributed by atoms with E-state index >= 15 is 0 Å². The summed E-state index contributed by atoms with van der Waals surface area (Å²) in [6.45, 7) is 3.57. The van der Waals surface area contributed by atoms with Gasteiger partial charge in [0.1, 0.15) is 0 Å². The first-order chi connectivity index (χ1) is 6.36. The van der Waals surface area contributed by atoms with Gasteiger partial charge in [0, 0.05) is 11.4 Å². The fourth-order valence-electron chi connectivity index (χ4n) is 1.83. The Balaban J connectivity index is 2.04. The van der Waals surface area contributed by atoms with Gasteiger partial charge in [-0.25, -0.2) is 0 Å². The van der Waals surface area contributed by atoms with Crippen molar-refractivity contribution in [3.8, 4) is 0 Å². The summed E-state index contributed by atoms with van der Waals surface area (Å²) in [6, 6.07) is 8.36. The Morgan fingerprint density at radius 3 is 2.54 bits per heavy atom. The number of hydrogen-bond donors (Lipinski definition) is 1. The first-order valence-electron chi connectivity index (χ1n) is 4.85. The van der Waals surface area contributed by atoms with Crippen molar-refractivity contribution in [2.75, 3.05) is 13.1 Å². The van der Waals surface area contributed by atoms with Crippen molar-refractivity contribution in [2.24, 2.45) is 0 Å². The lowest BCUT2D eigenvalue weighted by molar-refractivity contribution is 0.329. The maximum atomic E-state index is 4.44. The van der Waals surface area contributed by atoms with Crippen LogP contribution < -0.4 is 0 Å². The van der Waals surface area contributed by atoms with Crippen LogP contribution in [0.4, 0.5) is 0 Å². The monoisotopic (exact) mass is 193 g/mol. The molecule has 1 heterocycles. The van der Waals surface area contributed by atoms with Crippen LogP contribution in [0.1, 0.15) is 18.4 Å². The minimum atomic E-state index is 1.07. The summed E-state index contributed by atoms with van der Waals surface area (Å²) >= 11 is 4.44. The molecule has 1 saturated heterocycles. The van der Waals surface area contributed by atoms with E-state index in [0.717, 1.165) is 11.4 Å². The molecule has 1 aliphatic rings. The fourth-order valence-corrected chi connectivity index (χ4v) is 2.06. The average molecular weight is 193 g/mol. The molecule has 1 aromatic rings. The highest BCUT2D eigenvalue weighted by Crippen LogP contribution is 2.17. The topological polar surface area (TPSA) is 3.24 Å². The van der Waals surface area contributed by atoms with E-state index < -0.39 is 0 Å². The predicted octanol–water partition coefficient (Wildman–Crippen LogP) is 2.57. The third-order valence-corrected chi connectivity index (χ3v) is 3.02. The molecule has 1 fully saturated rings. The van der Waals surface area contributed by atoms with E-state index in [1.54, 1.807) is 0 Å². The van der Waals surface area contributed by atoms with Crippen LogP contribution in [0.3, 0.4) is 0 Å². The summed E-state index contributed by atoms with van der Waals surface area (Å²) in [5, 5.41) is 0. The van der Waals surface area contributed by atoms with Crippen molar-refractivity contribution < 1.29 is 0 Å². The lowest BCUT2D eigenvalue weighted by Gasteiger charge is -2.15. The molecule has 2 rings (SSSR count). The van der Waals surface area contributed by atoms with Crippen LogP contribution in [0, 0.1) is 0 Å². The average Bonchev–Trinajstić information content (AvgIpc) is 2.61. The van der Waals surface area contributed by atoms with Gasteiger partial charge in [-0.1, -0.05) is 18.2 Å². The molecule has 2 heteroatoms. The Kier molecular flexibility index (Phi) is 2.91. The number of thiol groups is 1. The maximum absolute atomic E-state index is 4.44. The van der Waals surface area contributed by atoms with Crippen LogP contribution in [-0.4, -0.2) is 18.0 Å². The minimum absolute atomic E-state index is 1.07. The molecule has 0 aliphatic carbocycles. The Labute approximate surface area is 85.2 Å². The number of likely N-dealkylation sites (tertiary alicyclic amines) is 1. The molecule has 1 nitrogen and oxygen atoms in total. The van der Waals surface area contributed by atoms with E-state index in [0.29, 0.717) is 0 Å². The molecular weight excluding hydrogens is 178 g/mol. The van der Waals surface area contributed by atoms with Gasteiger partial charge in [0.05, 0.1) is 0 Å². The van der Waals surface area contributed by atoms with Crippen LogP contribution in [-0.2, 0) is 6.54 Å². The molecule has 0 aromatic heterocycles. The van der Waals surface area contributed by atoms with E-state index in [-0.39, 0.29) is 0 Å². The van der Waals surface area contributed by atoms with Crippen molar-refractivity contribution in [2.45, 2.75) is 24.3 Å². The van der Waals surface area contributed by atoms with E-state index in [1.165, 1.54) is 31.5 Å². The van der Waals surface area contributed by atoms with Gasteiger partial charge in [0.15, 0.2) is 0 Å². The van der Waals surface area contributed by atoms with Crippen molar-refractivity contribution in [3.05, 3.63) is 29.8 Å². The van der Waals surface area contributed by atoms with Gasteiger partial charge in [-0.15, -0.1) is 12.6 Å². The van der Waals surface area contributed by atoms with Crippen LogP contribution in [0.25, 0.3) is 0 Å². The molecule has 70 valence electrons. The van der Waals surface area contributed by atoms with Crippen molar-refractivity contribution in [1.82, 2.24) is 4.90 Å². The van der Waals surface area contributed by atoms with Gasteiger partial charge in [-0.2, -0.15) is 0 Å². The third kappa shape index (κ3) is 2.26. The third-order valence-electron chi connectivity index (χ3n) is 2.58. The van der Waals surface area contributed by atoms with Gasteiger partial charge >= 0.3 is 0 Å². The summed E-state index contributed by atoms with van der Waals surface area (Å²) in [4.78, 5) is 3.61. The zero-order valence-corrected chi connectivity index (χ0v) is 8.63. The van der Waals surface area contributed by atoms with Crippen molar-refractivity contribution in [1.29, 1.82) is 0 Å². The molecule has 0 N–H and O–H groups in total. The van der Waals surface area contributed by atoms with E-state index in [9.17, 15) is 0 Å². The number of nitrogens with zero attached hydrogens (tertiary/aromatic N) is 1. The van der Waals surface area contributed by atoms with E-state index in [2.05, 4.69) is 35.7 Å². The Hall–Kier alpha value is -0.470. The Morgan fingerprint density at radius 1 is 1.15 bits per heavy atom. The first kappa shape index (κ1) is 9.10. The van der Waals surface area contributed by atoms with Crippen LogP contribution in [0.2, 0.25) is 0 Å². The van der Waals surface area contributed by atoms with Crippen LogP contribution in [0.15, 0.2) is 29.2 Å². The molecule has 0 unspecified atom stereocenters. The van der Waals surface area contributed by atoms with Gasteiger partial charge < -0.3 is 0 Å². The molecule has 0 atom stereocenters. The lowest BCUT2D eigenvalue weighted by Crippen LogP contribution is -2.18. The van der Waals surface area contributed by atoms with Gasteiger partial charge in [0.2, 0.25) is 0 Å². The molecule has 0 saturated carbocycles. The quantitative estimate of drug-likeness (QED) is 0.707. The number of rotatable bonds is 2. The number of benzene rings is 1. The molecular formula is C11H15NS. The normalized spacial score (nSPS) is 17.9. The molecule has 0 amide bonds. The SMILES string of the molecule is Sc1ccccc1CN1CCCC1. The summed E-state index contributed by atoms with van der Waals surface area (Å²) < 4.78 is 0. The second-order valence-electron chi connectivity index (χ2n) is 3.61. The molecule has 0 radical (unpaired) electrons. The van der Waals surface area contributed by atoms with Crippen molar-refractivity contribution >= 4 is 12.6 Å². The second kappa shape index (κ2) is 4.16. The summed E-state index contributed by atoms with van der Waals surface area (Å²) in [5.41, 5.74) is 1.35. The highest BCUT2D eigenvalue weighted by atomic mass is 32.1. The zero-order chi connectivity index (χ0) is 9.10. The second-order valence-corrected chi connectivity index (χ2v) is 4.09. The molecule has 1 aromatic carbocycles. The highest BCUT2D eigenvalue weighted by molar-refractivity contribution is 7.80. The van der Waals surface area contributed by atoms with Gasteiger partial charge in [0.25, 0.3) is 0 Å². The van der Waals surface area contributed by atoms with Gasteiger partial charge in [-0.3, -0.25) is 4.90 Å². The van der Waals surface area contributed by atoms with Crippen LogP contribution in [0.5, 0.6) is 0 Å². The Morgan fingerprint density at radius 2 is 1.85 bits per heavy atom.